The van der Waals surface area contributed by atoms with Crippen LogP contribution in [0.15, 0.2) is 168 Å². The summed E-state index contributed by atoms with van der Waals surface area (Å²) in [5.41, 5.74) is 8.86. The molecule has 11 aromatic rings. The molecule has 50 heavy (non-hydrogen) atoms. The van der Waals surface area contributed by atoms with Gasteiger partial charge >= 0.3 is 0 Å². The van der Waals surface area contributed by atoms with Crippen molar-refractivity contribution >= 4 is 76.2 Å². The van der Waals surface area contributed by atoms with Gasteiger partial charge in [-0.1, -0.05) is 140 Å². The second-order valence-corrected chi connectivity index (χ2v) is 12.9. The van der Waals surface area contributed by atoms with Gasteiger partial charge in [0.15, 0.2) is 0 Å². The van der Waals surface area contributed by atoms with Crippen molar-refractivity contribution in [2.75, 3.05) is 0 Å². The number of nitrogens with zero attached hydrogens (tertiary/aromatic N) is 3. The highest BCUT2D eigenvalue weighted by molar-refractivity contribution is 6.26. The van der Waals surface area contributed by atoms with Gasteiger partial charge in [0, 0.05) is 43.6 Å². The normalized spacial score (nSPS) is 12.0. The van der Waals surface area contributed by atoms with Crippen LogP contribution in [0.3, 0.4) is 0 Å². The van der Waals surface area contributed by atoms with Crippen molar-refractivity contribution in [2.24, 2.45) is 0 Å². The lowest BCUT2D eigenvalue weighted by Crippen LogP contribution is -2.04. The molecule has 0 N–H and O–H groups in total. The summed E-state index contributed by atoms with van der Waals surface area (Å²) in [5, 5.41) is 10.2. The minimum Gasteiger partial charge on any atom is -0.455 e. The van der Waals surface area contributed by atoms with E-state index in [0.717, 1.165) is 77.0 Å². The number of para-hydroxylation sites is 3. The number of hydrogen-bond donors (Lipinski definition) is 0. The molecule has 8 aromatic carbocycles. The van der Waals surface area contributed by atoms with E-state index in [9.17, 15) is 0 Å². The molecule has 0 aliphatic rings. The number of rotatable bonds is 3. The molecule has 0 aliphatic carbocycles. The van der Waals surface area contributed by atoms with Crippen LogP contribution in [0.5, 0.6) is 0 Å². The Balaban J connectivity index is 1.36. The van der Waals surface area contributed by atoms with E-state index < -0.39 is 0 Å². The summed E-state index contributed by atoms with van der Waals surface area (Å²) in [6, 6.07) is 57.6. The van der Waals surface area contributed by atoms with E-state index in [1.54, 1.807) is 0 Å². The minimum atomic E-state index is 0.631. The van der Waals surface area contributed by atoms with Gasteiger partial charge in [0.25, 0.3) is 0 Å². The monoisotopic (exact) mass is 637 g/mol. The van der Waals surface area contributed by atoms with Gasteiger partial charge in [0.05, 0.1) is 22.2 Å². The number of aromatic nitrogens is 3. The molecule has 0 fully saturated rings. The van der Waals surface area contributed by atoms with E-state index in [0.29, 0.717) is 5.95 Å². The predicted octanol–water partition coefficient (Wildman–Crippen LogP) is 12.3. The SMILES string of the molecule is c1ccc(-c2nc(-n3c4ccc5ccccc5c4c4cccc(-c5c6ccccc6cc6c5oc5ccccc56)c43)nc3ccccc23)cc1. The molecule has 3 aromatic heterocycles. The number of furan rings is 1. The van der Waals surface area contributed by atoms with Gasteiger partial charge in [0.1, 0.15) is 11.2 Å². The zero-order chi connectivity index (χ0) is 32.8. The van der Waals surface area contributed by atoms with E-state index in [2.05, 4.69) is 150 Å². The van der Waals surface area contributed by atoms with Crippen molar-refractivity contribution < 1.29 is 4.42 Å². The fraction of sp³-hybridized carbons (Fsp3) is 0. The Labute approximate surface area is 286 Å². The lowest BCUT2D eigenvalue weighted by atomic mass is 9.93. The highest BCUT2D eigenvalue weighted by Crippen LogP contribution is 2.46. The van der Waals surface area contributed by atoms with Crippen LogP contribution >= 0.6 is 0 Å². The zero-order valence-corrected chi connectivity index (χ0v) is 26.8. The van der Waals surface area contributed by atoms with Gasteiger partial charge in [-0.15, -0.1) is 0 Å². The van der Waals surface area contributed by atoms with Crippen LogP contribution in [0, 0.1) is 0 Å². The summed E-state index contributed by atoms with van der Waals surface area (Å²) in [5.74, 6) is 0.631. The first-order chi connectivity index (χ1) is 24.8. The first-order valence-corrected chi connectivity index (χ1v) is 16.9. The predicted molar refractivity (Wildman–Crippen MR) is 207 cm³/mol. The first kappa shape index (κ1) is 27.2. The molecule has 0 saturated carbocycles. The molecule has 0 spiro atoms. The molecule has 0 bridgehead atoms. The molecule has 3 heterocycles. The minimum absolute atomic E-state index is 0.631. The maximum Gasteiger partial charge on any atom is 0.235 e. The Morgan fingerprint density at radius 1 is 0.480 bits per heavy atom. The van der Waals surface area contributed by atoms with Gasteiger partial charge < -0.3 is 4.42 Å². The molecule has 4 nitrogen and oxygen atoms in total. The van der Waals surface area contributed by atoms with Gasteiger partial charge in [-0.05, 0) is 45.8 Å². The van der Waals surface area contributed by atoms with E-state index in [4.69, 9.17) is 14.4 Å². The lowest BCUT2D eigenvalue weighted by molar-refractivity contribution is 0.670. The van der Waals surface area contributed by atoms with Crippen molar-refractivity contribution in [2.45, 2.75) is 0 Å². The average Bonchev–Trinajstić information content (AvgIpc) is 3.73. The van der Waals surface area contributed by atoms with Gasteiger partial charge in [0.2, 0.25) is 5.95 Å². The Hall–Kier alpha value is -6.78. The Morgan fingerprint density at radius 2 is 1.18 bits per heavy atom. The molecule has 0 unspecified atom stereocenters. The molecule has 0 amide bonds. The standard InChI is InChI=1S/C46H27N3O/c1-2-14-29(15-3-1)43-34-20-8-10-23-38(34)47-46(48-43)49-39-26-25-28-13-4-6-17-31(28)41(39)35-21-12-22-36(44(35)49)42-32-18-7-5-16-30(32)27-37-33-19-9-11-24-40(33)50-45(37)42/h1-27H. The molecule has 0 aliphatic heterocycles. The Bertz CT molecular complexity index is 3150. The second kappa shape index (κ2) is 10.4. The number of benzene rings is 8. The molecule has 0 saturated heterocycles. The summed E-state index contributed by atoms with van der Waals surface area (Å²) in [7, 11) is 0. The van der Waals surface area contributed by atoms with Crippen LogP contribution in [0.4, 0.5) is 0 Å². The zero-order valence-electron chi connectivity index (χ0n) is 26.8. The van der Waals surface area contributed by atoms with Gasteiger partial charge in [-0.2, -0.15) is 0 Å². The van der Waals surface area contributed by atoms with Crippen LogP contribution in [0.2, 0.25) is 0 Å². The maximum absolute atomic E-state index is 6.78. The van der Waals surface area contributed by atoms with Crippen molar-refractivity contribution in [1.29, 1.82) is 0 Å². The largest absolute Gasteiger partial charge is 0.455 e. The van der Waals surface area contributed by atoms with E-state index in [1.807, 2.05) is 18.2 Å². The summed E-state index contributed by atoms with van der Waals surface area (Å²) < 4.78 is 9.06. The van der Waals surface area contributed by atoms with Crippen LogP contribution in [-0.4, -0.2) is 14.5 Å². The van der Waals surface area contributed by atoms with Crippen LogP contribution < -0.4 is 0 Å². The molecular weight excluding hydrogens is 611 g/mol. The lowest BCUT2D eigenvalue weighted by Gasteiger charge is -2.15. The number of fused-ring (bicyclic) bond motifs is 10. The van der Waals surface area contributed by atoms with Crippen LogP contribution in [0.25, 0.3) is 105 Å². The maximum atomic E-state index is 6.78. The van der Waals surface area contributed by atoms with E-state index >= 15 is 0 Å². The molecule has 0 radical (unpaired) electrons. The fourth-order valence-corrected chi connectivity index (χ4v) is 8.02. The summed E-state index contributed by atoms with van der Waals surface area (Å²) in [4.78, 5) is 10.7. The van der Waals surface area contributed by atoms with Gasteiger partial charge in [-0.25, -0.2) is 9.97 Å². The Kier molecular flexibility index (Phi) is 5.63. The third kappa shape index (κ3) is 3.81. The smallest absolute Gasteiger partial charge is 0.235 e. The molecule has 4 heteroatoms. The molecule has 232 valence electrons. The topological polar surface area (TPSA) is 43.9 Å². The van der Waals surface area contributed by atoms with Crippen LogP contribution in [0.1, 0.15) is 0 Å². The average molecular weight is 638 g/mol. The summed E-state index contributed by atoms with van der Waals surface area (Å²) in [6.07, 6.45) is 0. The highest BCUT2D eigenvalue weighted by Gasteiger charge is 2.24. The Morgan fingerprint density at radius 3 is 2.06 bits per heavy atom. The fourth-order valence-electron chi connectivity index (χ4n) is 8.02. The molecule has 0 atom stereocenters. The summed E-state index contributed by atoms with van der Waals surface area (Å²) >= 11 is 0. The van der Waals surface area contributed by atoms with Crippen LogP contribution in [-0.2, 0) is 0 Å². The number of hydrogen-bond acceptors (Lipinski definition) is 3. The highest BCUT2D eigenvalue weighted by atomic mass is 16.3. The third-order valence-corrected chi connectivity index (χ3v) is 10.2. The van der Waals surface area contributed by atoms with Crippen molar-refractivity contribution in [3.63, 3.8) is 0 Å². The van der Waals surface area contributed by atoms with E-state index in [1.165, 1.54) is 21.5 Å². The van der Waals surface area contributed by atoms with E-state index in [-0.39, 0.29) is 0 Å². The van der Waals surface area contributed by atoms with Crippen molar-refractivity contribution in [3.8, 4) is 28.3 Å². The third-order valence-electron chi connectivity index (χ3n) is 10.2. The van der Waals surface area contributed by atoms with Crippen molar-refractivity contribution in [3.05, 3.63) is 164 Å². The molecular formula is C46H27N3O. The quantitative estimate of drug-likeness (QED) is 0.194. The van der Waals surface area contributed by atoms with Crippen molar-refractivity contribution in [1.82, 2.24) is 14.5 Å². The van der Waals surface area contributed by atoms with Gasteiger partial charge in [-0.3, -0.25) is 4.57 Å². The molecule has 11 rings (SSSR count). The first-order valence-electron chi connectivity index (χ1n) is 16.9. The summed E-state index contributed by atoms with van der Waals surface area (Å²) in [6.45, 7) is 0. The second-order valence-electron chi connectivity index (χ2n) is 12.9.